The number of nitrogens with one attached hydrogen (secondary N) is 1. The van der Waals surface area contributed by atoms with Gasteiger partial charge in [-0.05, 0) is 30.2 Å². The molecule has 1 N–H and O–H groups in total. The van der Waals surface area contributed by atoms with Gasteiger partial charge in [-0.2, -0.15) is 0 Å². The Morgan fingerprint density at radius 3 is 2.79 bits per heavy atom. The number of rotatable bonds is 3. The average molecular weight is 257 g/mol. The summed E-state index contributed by atoms with van der Waals surface area (Å²) in [4.78, 5) is 19.2. The van der Waals surface area contributed by atoms with Gasteiger partial charge in [-0.1, -0.05) is 12.1 Å². The fourth-order valence-electron chi connectivity index (χ4n) is 2.03. The molecule has 0 unspecified atom stereocenters. The molecule has 0 amide bonds. The molecule has 4 nitrogen and oxygen atoms in total. The highest BCUT2D eigenvalue weighted by atomic mass is 19.1. The van der Waals surface area contributed by atoms with Crippen LogP contribution in [-0.4, -0.2) is 14.5 Å². The zero-order chi connectivity index (χ0) is 13.2. The zero-order valence-electron chi connectivity index (χ0n) is 10.1. The second-order valence-corrected chi connectivity index (χ2v) is 4.36. The molecule has 0 saturated carbocycles. The first-order chi connectivity index (χ1) is 9.24. The number of halogens is 1. The molecule has 2 heterocycles. The molecule has 0 spiro atoms. The number of nitrogens with zero attached hydrogens (tertiary/aromatic N) is 2. The molecule has 0 aliphatic heterocycles. The number of aromatic amines is 1. The van der Waals surface area contributed by atoms with Gasteiger partial charge in [0, 0.05) is 12.7 Å². The quantitative estimate of drug-likeness (QED) is 0.781. The van der Waals surface area contributed by atoms with Gasteiger partial charge in [0.1, 0.15) is 11.5 Å². The zero-order valence-corrected chi connectivity index (χ0v) is 10.1. The fourth-order valence-corrected chi connectivity index (χ4v) is 2.03. The predicted octanol–water partition coefficient (Wildman–Crippen LogP) is 2.11. The molecule has 0 atom stereocenters. The third kappa shape index (κ3) is 2.27. The van der Waals surface area contributed by atoms with Crippen molar-refractivity contribution >= 4 is 11.0 Å². The molecule has 2 aromatic heterocycles. The van der Waals surface area contributed by atoms with E-state index in [1.54, 1.807) is 29.0 Å². The summed E-state index contributed by atoms with van der Waals surface area (Å²) in [6.45, 7) is 0.526. The van der Waals surface area contributed by atoms with Crippen molar-refractivity contribution in [1.29, 1.82) is 0 Å². The van der Waals surface area contributed by atoms with Crippen molar-refractivity contribution in [1.82, 2.24) is 14.5 Å². The summed E-state index contributed by atoms with van der Waals surface area (Å²) < 4.78 is 14.4. The van der Waals surface area contributed by atoms with Crippen LogP contribution in [0.15, 0.2) is 47.7 Å². The fraction of sp³-hybridized carbons (Fsp3) is 0.143. The van der Waals surface area contributed by atoms with Crippen LogP contribution in [0.25, 0.3) is 11.0 Å². The maximum absolute atomic E-state index is 12.8. The van der Waals surface area contributed by atoms with E-state index >= 15 is 0 Å². The summed E-state index contributed by atoms with van der Waals surface area (Å²) in [6.07, 6.45) is 3.89. The Labute approximate surface area is 108 Å². The van der Waals surface area contributed by atoms with E-state index in [0.717, 1.165) is 5.56 Å². The van der Waals surface area contributed by atoms with Gasteiger partial charge in [-0.3, -0.25) is 9.36 Å². The number of hydrogen-bond donors (Lipinski definition) is 1. The molecular formula is C14H12FN3O. The third-order valence-corrected chi connectivity index (χ3v) is 3.10. The molecule has 0 fully saturated rings. The number of benzene rings is 1. The molecule has 1 aromatic carbocycles. The van der Waals surface area contributed by atoms with Crippen molar-refractivity contribution in [2.75, 3.05) is 0 Å². The Hall–Kier alpha value is -2.43. The molecule has 19 heavy (non-hydrogen) atoms. The highest BCUT2D eigenvalue weighted by Crippen LogP contribution is 2.06. The third-order valence-electron chi connectivity index (χ3n) is 3.10. The summed E-state index contributed by atoms with van der Waals surface area (Å²) in [7, 11) is 0. The van der Waals surface area contributed by atoms with Crippen LogP contribution in [0.4, 0.5) is 4.39 Å². The van der Waals surface area contributed by atoms with Crippen LogP contribution in [0.5, 0.6) is 0 Å². The maximum Gasteiger partial charge on any atom is 0.262 e. The van der Waals surface area contributed by atoms with Crippen LogP contribution < -0.4 is 5.56 Å². The lowest BCUT2D eigenvalue weighted by molar-refractivity contribution is 0.624. The second kappa shape index (κ2) is 4.68. The van der Waals surface area contributed by atoms with E-state index in [4.69, 9.17) is 0 Å². The first kappa shape index (κ1) is 11.6. The van der Waals surface area contributed by atoms with E-state index in [1.165, 1.54) is 18.5 Å². The molecule has 3 rings (SSSR count). The first-order valence-electron chi connectivity index (χ1n) is 6.01. The van der Waals surface area contributed by atoms with Crippen LogP contribution in [0, 0.1) is 5.82 Å². The van der Waals surface area contributed by atoms with Crippen LogP contribution in [0.2, 0.25) is 0 Å². The van der Waals surface area contributed by atoms with Crippen LogP contribution >= 0.6 is 0 Å². The van der Waals surface area contributed by atoms with Crippen molar-refractivity contribution in [2.24, 2.45) is 0 Å². The standard InChI is InChI=1S/C14H12FN3O/c15-11-3-1-10(2-4-11)6-8-18-9-17-13-12(14(18)19)5-7-16-13/h1-5,7,9,16H,6,8H2. The van der Waals surface area contributed by atoms with Crippen LogP contribution in [-0.2, 0) is 13.0 Å². The first-order valence-corrected chi connectivity index (χ1v) is 6.01. The van der Waals surface area contributed by atoms with E-state index in [-0.39, 0.29) is 11.4 Å². The van der Waals surface area contributed by atoms with Gasteiger partial charge in [0.15, 0.2) is 0 Å². The van der Waals surface area contributed by atoms with Crippen molar-refractivity contribution in [3.8, 4) is 0 Å². The molecule has 5 heteroatoms. The van der Waals surface area contributed by atoms with Crippen molar-refractivity contribution in [3.05, 3.63) is 64.6 Å². The van der Waals surface area contributed by atoms with Crippen LogP contribution in [0.1, 0.15) is 5.56 Å². The normalized spacial score (nSPS) is 11.0. The smallest absolute Gasteiger partial charge is 0.262 e. The SMILES string of the molecule is O=c1c2cc[nH]c2ncn1CCc1ccc(F)cc1. The summed E-state index contributed by atoms with van der Waals surface area (Å²) in [5, 5.41) is 0.585. The Bertz CT molecular complexity index is 758. The highest BCUT2D eigenvalue weighted by molar-refractivity contribution is 5.73. The van der Waals surface area contributed by atoms with Crippen molar-refractivity contribution in [3.63, 3.8) is 0 Å². The van der Waals surface area contributed by atoms with E-state index in [9.17, 15) is 9.18 Å². The van der Waals surface area contributed by atoms with Gasteiger partial charge in [-0.25, -0.2) is 9.37 Å². The number of H-pyrrole nitrogens is 1. The Balaban J connectivity index is 1.83. The van der Waals surface area contributed by atoms with Gasteiger partial charge in [0.05, 0.1) is 11.7 Å². The molecule has 0 radical (unpaired) electrons. The second-order valence-electron chi connectivity index (χ2n) is 4.36. The van der Waals surface area contributed by atoms with Gasteiger partial charge in [-0.15, -0.1) is 0 Å². The van der Waals surface area contributed by atoms with Gasteiger partial charge in [0.25, 0.3) is 5.56 Å². The van der Waals surface area contributed by atoms with Crippen LogP contribution in [0.3, 0.4) is 0 Å². The minimum absolute atomic E-state index is 0.0617. The minimum Gasteiger partial charge on any atom is -0.346 e. The lowest BCUT2D eigenvalue weighted by Crippen LogP contribution is -2.21. The Kier molecular flexibility index (Phi) is 2.87. The van der Waals surface area contributed by atoms with Gasteiger partial charge < -0.3 is 4.98 Å². The molecule has 0 aliphatic carbocycles. The van der Waals surface area contributed by atoms with Gasteiger partial charge >= 0.3 is 0 Å². The predicted molar refractivity (Wildman–Crippen MR) is 70.5 cm³/mol. The highest BCUT2D eigenvalue weighted by Gasteiger charge is 2.04. The topological polar surface area (TPSA) is 50.7 Å². The monoisotopic (exact) mass is 257 g/mol. The lowest BCUT2D eigenvalue weighted by Gasteiger charge is -2.05. The molecule has 0 aliphatic rings. The average Bonchev–Trinajstić information content (AvgIpc) is 2.89. The van der Waals surface area contributed by atoms with E-state index in [0.29, 0.717) is 24.0 Å². The van der Waals surface area contributed by atoms with Gasteiger partial charge in [0.2, 0.25) is 0 Å². The summed E-state index contributed by atoms with van der Waals surface area (Å²) >= 11 is 0. The molecular weight excluding hydrogens is 245 g/mol. The maximum atomic E-state index is 12.8. The van der Waals surface area contributed by atoms with Crippen molar-refractivity contribution < 1.29 is 4.39 Å². The number of aryl methyl sites for hydroxylation is 2. The number of fused-ring (bicyclic) bond motifs is 1. The van der Waals surface area contributed by atoms with E-state index < -0.39 is 0 Å². The van der Waals surface area contributed by atoms with Crippen molar-refractivity contribution in [2.45, 2.75) is 13.0 Å². The molecule has 0 bridgehead atoms. The minimum atomic E-state index is -0.253. The number of aromatic nitrogens is 3. The Morgan fingerprint density at radius 1 is 1.21 bits per heavy atom. The summed E-state index contributed by atoms with van der Waals surface area (Å²) in [5.74, 6) is -0.253. The lowest BCUT2D eigenvalue weighted by atomic mass is 10.1. The molecule has 96 valence electrons. The summed E-state index contributed by atoms with van der Waals surface area (Å²) in [6, 6.07) is 8.02. The molecule has 0 saturated heterocycles. The van der Waals surface area contributed by atoms with E-state index in [1.807, 2.05) is 0 Å². The largest absolute Gasteiger partial charge is 0.346 e. The number of hydrogen-bond acceptors (Lipinski definition) is 2. The Morgan fingerprint density at radius 2 is 2.00 bits per heavy atom. The van der Waals surface area contributed by atoms with E-state index in [2.05, 4.69) is 9.97 Å². The molecule has 3 aromatic rings. The summed E-state index contributed by atoms with van der Waals surface area (Å²) in [5.41, 5.74) is 1.53.